The Kier molecular flexibility index (Phi) is 5.82. The normalized spacial score (nSPS) is 18.3. The number of para-hydroxylation sites is 1. The van der Waals surface area contributed by atoms with Gasteiger partial charge in [-0.15, -0.1) is 0 Å². The molecule has 1 aromatic rings. The zero-order valence-corrected chi connectivity index (χ0v) is 16.1. The molecule has 152 valence electrons. The number of urea groups is 1. The molecular formula is C20H22N4O5. The van der Waals surface area contributed by atoms with E-state index in [0.717, 1.165) is 17.7 Å². The molecule has 3 rings (SSSR count). The first-order chi connectivity index (χ1) is 13.9. The van der Waals surface area contributed by atoms with Crippen molar-refractivity contribution < 1.29 is 23.9 Å². The Morgan fingerprint density at radius 3 is 2.69 bits per heavy atom. The molecule has 2 fully saturated rings. The van der Waals surface area contributed by atoms with Crippen LogP contribution in [0.15, 0.2) is 24.3 Å². The number of nitrogens with one attached hydrogen (secondary N) is 2. The average molecular weight is 398 g/mol. The first-order valence-corrected chi connectivity index (χ1v) is 9.50. The summed E-state index contributed by atoms with van der Waals surface area (Å²) in [5.74, 6) is -1.58. The zero-order valence-electron chi connectivity index (χ0n) is 16.1. The van der Waals surface area contributed by atoms with Crippen molar-refractivity contribution in [1.82, 2.24) is 10.2 Å². The van der Waals surface area contributed by atoms with E-state index in [1.807, 2.05) is 6.07 Å². The number of nitriles is 1. The summed E-state index contributed by atoms with van der Waals surface area (Å²) in [6.07, 6.45) is 1.67. The Morgan fingerprint density at radius 2 is 2.00 bits per heavy atom. The quantitative estimate of drug-likeness (QED) is 0.554. The summed E-state index contributed by atoms with van der Waals surface area (Å²) in [5.41, 5.74) is -0.203. The number of imide groups is 1. The molecule has 1 atom stereocenters. The number of nitrogens with zero attached hydrogens (tertiary/aromatic N) is 2. The number of ether oxygens (including phenoxy) is 1. The SMILES string of the molecule is C[C@H](OC(=O)CCN1C(=O)NC2(CCCC2)C1=O)C(=O)Nc1ccccc1C#N. The van der Waals surface area contributed by atoms with Gasteiger partial charge in [-0.25, -0.2) is 4.79 Å². The standard InChI is InChI=1S/C20H22N4O5/c1-13(17(26)22-15-7-3-2-6-14(15)12-21)29-16(25)8-11-24-18(27)20(23-19(24)28)9-4-5-10-20/h2-3,6-7,13H,4-5,8-11H2,1H3,(H,22,26)(H,23,28)/t13-/m0/s1. The fourth-order valence-corrected chi connectivity index (χ4v) is 3.63. The summed E-state index contributed by atoms with van der Waals surface area (Å²) >= 11 is 0. The first kappa shape index (κ1) is 20.3. The van der Waals surface area contributed by atoms with Crippen LogP contribution in [0.4, 0.5) is 10.5 Å². The van der Waals surface area contributed by atoms with Gasteiger partial charge < -0.3 is 15.4 Å². The molecule has 1 heterocycles. The molecule has 0 aromatic heterocycles. The number of hydrogen-bond donors (Lipinski definition) is 2. The monoisotopic (exact) mass is 398 g/mol. The van der Waals surface area contributed by atoms with Crippen LogP contribution in [0.3, 0.4) is 0 Å². The largest absolute Gasteiger partial charge is 0.452 e. The van der Waals surface area contributed by atoms with Gasteiger partial charge in [0.1, 0.15) is 11.6 Å². The molecule has 0 bridgehead atoms. The lowest BCUT2D eigenvalue weighted by molar-refractivity contribution is -0.153. The Hall–Kier alpha value is -3.41. The number of benzene rings is 1. The molecule has 9 nitrogen and oxygen atoms in total. The van der Waals surface area contributed by atoms with E-state index in [1.165, 1.54) is 6.92 Å². The van der Waals surface area contributed by atoms with Crippen molar-refractivity contribution in [2.75, 3.05) is 11.9 Å². The van der Waals surface area contributed by atoms with Gasteiger partial charge in [-0.3, -0.25) is 19.3 Å². The smallest absolute Gasteiger partial charge is 0.325 e. The number of hydrogen-bond acceptors (Lipinski definition) is 6. The summed E-state index contributed by atoms with van der Waals surface area (Å²) in [6.45, 7) is 1.31. The van der Waals surface area contributed by atoms with Crippen LogP contribution in [0.1, 0.15) is 44.6 Å². The van der Waals surface area contributed by atoms with Crippen LogP contribution in [-0.4, -0.2) is 46.9 Å². The summed E-state index contributed by atoms with van der Waals surface area (Å²) in [6, 6.07) is 7.93. The van der Waals surface area contributed by atoms with E-state index in [9.17, 15) is 19.2 Å². The molecule has 2 N–H and O–H groups in total. The molecule has 1 aliphatic heterocycles. The second-order valence-electron chi connectivity index (χ2n) is 7.20. The number of carbonyl (C=O) groups excluding carboxylic acids is 4. The highest BCUT2D eigenvalue weighted by atomic mass is 16.5. The molecular weight excluding hydrogens is 376 g/mol. The number of amides is 4. The topological polar surface area (TPSA) is 129 Å². The minimum atomic E-state index is -1.10. The highest BCUT2D eigenvalue weighted by Gasteiger charge is 2.52. The maximum absolute atomic E-state index is 12.5. The van der Waals surface area contributed by atoms with Gasteiger partial charge in [0.25, 0.3) is 11.8 Å². The third-order valence-corrected chi connectivity index (χ3v) is 5.23. The highest BCUT2D eigenvalue weighted by Crippen LogP contribution is 2.35. The Bertz CT molecular complexity index is 885. The van der Waals surface area contributed by atoms with Crippen molar-refractivity contribution in [1.29, 1.82) is 5.26 Å². The van der Waals surface area contributed by atoms with E-state index >= 15 is 0 Å². The summed E-state index contributed by atoms with van der Waals surface area (Å²) < 4.78 is 5.10. The molecule has 1 saturated carbocycles. The van der Waals surface area contributed by atoms with Gasteiger partial charge in [-0.05, 0) is 31.9 Å². The lowest BCUT2D eigenvalue weighted by Gasteiger charge is -2.20. The number of rotatable bonds is 6. The van der Waals surface area contributed by atoms with Crippen molar-refractivity contribution in [2.24, 2.45) is 0 Å². The van der Waals surface area contributed by atoms with Gasteiger partial charge in [0.2, 0.25) is 0 Å². The molecule has 1 aromatic carbocycles. The van der Waals surface area contributed by atoms with Gasteiger partial charge in [0.15, 0.2) is 6.10 Å². The Labute approximate surface area is 168 Å². The van der Waals surface area contributed by atoms with Gasteiger partial charge in [-0.1, -0.05) is 25.0 Å². The fraction of sp³-hybridized carbons (Fsp3) is 0.450. The maximum Gasteiger partial charge on any atom is 0.325 e. The van der Waals surface area contributed by atoms with E-state index in [1.54, 1.807) is 24.3 Å². The van der Waals surface area contributed by atoms with Crippen molar-refractivity contribution in [3.63, 3.8) is 0 Å². The van der Waals surface area contributed by atoms with E-state index < -0.39 is 29.6 Å². The minimum Gasteiger partial charge on any atom is -0.452 e. The second-order valence-corrected chi connectivity index (χ2v) is 7.20. The highest BCUT2D eigenvalue weighted by molar-refractivity contribution is 6.07. The van der Waals surface area contributed by atoms with Crippen molar-refractivity contribution >= 4 is 29.5 Å². The van der Waals surface area contributed by atoms with Gasteiger partial charge in [0.05, 0.1) is 17.7 Å². The lowest BCUT2D eigenvalue weighted by Crippen LogP contribution is -2.44. The maximum atomic E-state index is 12.5. The van der Waals surface area contributed by atoms with Crippen LogP contribution in [0.25, 0.3) is 0 Å². The molecule has 1 spiro atoms. The molecule has 4 amide bonds. The van der Waals surface area contributed by atoms with Crippen molar-refractivity contribution in [3.8, 4) is 6.07 Å². The van der Waals surface area contributed by atoms with Crippen LogP contribution < -0.4 is 10.6 Å². The predicted molar refractivity (Wildman–Crippen MR) is 101 cm³/mol. The van der Waals surface area contributed by atoms with Crippen LogP contribution in [-0.2, 0) is 19.1 Å². The zero-order chi connectivity index (χ0) is 21.0. The molecule has 9 heteroatoms. The molecule has 0 radical (unpaired) electrons. The average Bonchev–Trinajstić information content (AvgIpc) is 3.26. The summed E-state index contributed by atoms with van der Waals surface area (Å²) in [4.78, 5) is 50.0. The van der Waals surface area contributed by atoms with Gasteiger partial charge in [0, 0.05) is 6.54 Å². The third kappa shape index (κ3) is 4.21. The predicted octanol–water partition coefficient (Wildman–Crippen LogP) is 1.68. The Balaban J connectivity index is 1.50. The first-order valence-electron chi connectivity index (χ1n) is 9.50. The molecule has 0 unspecified atom stereocenters. The van der Waals surface area contributed by atoms with Gasteiger partial charge in [-0.2, -0.15) is 5.26 Å². The van der Waals surface area contributed by atoms with Crippen molar-refractivity contribution in [2.45, 2.75) is 50.7 Å². The molecule has 2 aliphatic rings. The van der Waals surface area contributed by atoms with Crippen molar-refractivity contribution in [3.05, 3.63) is 29.8 Å². The molecule has 29 heavy (non-hydrogen) atoms. The lowest BCUT2D eigenvalue weighted by atomic mass is 9.98. The van der Waals surface area contributed by atoms with Crippen LogP contribution in [0.5, 0.6) is 0 Å². The molecule has 1 saturated heterocycles. The fourth-order valence-electron chi connectivity index (χ4n) is 3.63. The molecule has 1 aliphatic carbocycles. The number of esters is 1. The third-order valence-electron chi connectivity index (χ3n) is 5.23. The second kappa shape index (κ2) is 8.31. The van der Waals surface area contributed by atoms with Crippen LogP contribution >= 0.6 is 0 Å². The van der Waals surface area contributed by atoms with E-state index in [0.29, 0.717) is 24.1 Å². The van der Waals surface area contributed by atoms with E-state index in [4.69, 9.17) is 10.00 Å². The summed E-state index contributed by atoms with van der Waals surface area (Å²) in [7, 11) is 0. The van der Waals surface area contributed by atoms with E-state index in [2.05, 4.69) is 10.6 Å². The number of carbonyl (C=O) groups is 4. The number of anilines is 1. The van der Waals surface area contributed by atoms with E-state index in [-0.39, 0.29) is 18.9 Å². The van der Waals surface area contributed by atoms with Crippen LogP contribution in [0, 0.1) is 11.3 Å². The summed E-state index contributed by atoms with van der Waals surface area (Å²) in [5, 5.41) is 14.3. The van der Waals surface area contributed by atoms with Crippen LogP contribution in [0.2, 0.25) is 0 Å². The van der Waals surface area contributed by atoms with Gasteiger partial charge >= 0.3 is 12.0 Å². The Morgan fingerprint density at radius 1 is 1.31 bits per heavy atom. The minimum absolute atomic E-state index is 0.100.